The summed E-state index contributed by atoms with van der Waals surface area (Å²) in [6.45, 7) is 2.33. The van der Waals surface area contributed by atoms with Crippen molar-refractivity contribution in [2.75, 3.05) is 6.54 Å². The zero-order chi connectivity index (χ0) is 26.2. The van der Waals surface area contributed by atoms with Crippen molar-refractivity contribution in [3.05, 3.63) is 59.4 Å². The fourth-order valence-electron chi connectivity index (χ4n) is 7.77. The molecule has 8 heteroatoms. The number of aryl methyl sites for hydroxylation is 1. The lowest BCUT2D eigenvalue weighted by atomic mass is 9.53. The Kier molecular flexibility index (Phi) is 7.43. The molecule has 0 radical (unpaired) electrons. The molecule has 1 aromatic carbocycles. The number of nitrogens with one attached hydrogen (secondary N) is 1. The number of alkyl halides is 2. The average Bonchev–Trinajstić information content (AvgIpc) is 3.08. The summed E-state index contributed by atoms with van der Waals surface area (Å²) in [5.74, 6) is -2.44. The lowest BCUT2D eigenvalue weighted by Gasteiger charge is -2.51. The van der Waals surface area contributed by atoms with E-state index in [1.807, 2.05) is 30.3 Å². The molecule has 1 aromatic heterocycles. The normalized spacial score (nSPS) is 29.6. The number of carbonyl (C=O) groups is 1. The molecule has 0 bridgehead atoms. The number of fused-ring (bicyclic) bond motifs is 5. The van der Waals surface area contributed by atoms with Crippen LogP contribution in [0.1, 0.15) is 74.6 Å². The highest BCUT2D eigenvalue weighted by molar-refractivity contribution is 6.58. The van der Waals surface area contributed by atoms with E-state index >= 15 is 8.78 Å². The summed E-state index contributed by atoms with van der Waals surface area (Å²) < 4.78 is 31.0. The Bertz CT molecular complexity index is 1120. The molecule has 2 aromatic rings. The minimum absolute atomic E-state index is 0.0292. The number of pyridine rings is 1. The first-order valence-corrected chi connectivity index (χ1v) is 13.7. The van der Waals surface area contributed by atoms with E-state index in [1.54, 1.807) is 19.2 Å². The molecule has 3 N–H and O–H groups in total. The number of hydrogen-bond acceptors (Lipinski definition) is 4. The number of amides is 1. The van der Waals surface area contributed by atoms with Crippen molar-refractivity contribution in [2.24, 2.45) is 23.2 Å². The summed E-state index contributed by atoms with van der Waals surface area (Å²) in [6, 6.07) is 11.3. The van der Waals surface area contributed by atoms with Crippen molar-refractivity contribution < 1.29 is 23.6 Å². The van der Waals surface area contributed by atoms with Gasteiger partial charge in [-0.2, -0.15) is 0 Å². The van der Waals surface area contributed by atoms with Crippen LogP contribution in [0.15, 0.2) is 42.6 Å². The van der Waals surface area contributed by atoms with Crippen LogP contribution >= 0.6 is 0 Å². The van der Waals surface area contributed by atoms with Crippen molar-refractivity contribution in [3.63, 3.8) is 0 Å². The molecule has 5 nitrogen and oxygen atoms in total. The largest absolute Gasteiger partial charge is 0.488 e. The van der Waals surface area contributed by atoms with Gasteiger partial charge in [0.25, 0.3) is 5.92 Å². The Morgan fingerprint density at radius 1 is 1.22 bits per heavy atom. The standard InChI is InChI=1S/C29H37BF2N2O3/c1-28-14-12-24-23-11-9-21(30(36)37)17-19(23)8-10-25(24)27(28)20(18-29(28,31)32)5-4-7-26(35)34-16-13-22-6-2-3-15-33-22/h2-3,6,9,11,15,17,20,24-25,27,36-37H,4-5,7-8,10,12-14,16,18H2,1H3,(H,34,35)/t20-,24?,25?,27?,28-/m0/s1. The van der Waals surface area contributed by atoms with Gasteiger partial charge in [-0.15, -0.1) is 0 Å². The Morgan fingerprint density at radius 3 is 2.81 bits per heavy atom. The summed E-state index contributed by atoms with van der Waals surface area (Å²) in [6.07, 6.45) is 6.82. The third-order valence-corrected chi connectivity index (χ3v) is 9.57. The van der Waals surface area contributed by atoms with E-state index in [2.05, 4.69) is 10.3 Å². The number of aromatic nitrogens is 1. The van der Waals surface area contributed by atoms with Gasteiger partial charge in [0.2, 0.25) is 5.91 Å². The van der Waals surface area contributed by atoms with Gasteiger partial charge in [-0.05, 0) is 90.9 Å². The highest BCUT2D eigenvalue weighted by atomic mass is 19.3. The van der Waals surface area contributed by atoms with Crippen molar-refractivity contribution in [3.8, 4) is 0 Å². The molecule has 0 aliphatic heterocycles. The van der Waals surface area contributed by atoms with Crippen molar-refractivity contribution in [2.45, 2.75) is 76.6 Å². The molecular formula is C29H37BF2N2O3. The van der Waals surface area contributed by atoms with Crippen LogP contribution in [0, 0.1) is 23.2 Å². The second kappa shape index (κ2) is 10.4. The van der Waals surface area contributed by atoms with E-state index in [0.29, 0.717) is 44.1 Å². The molecule has 2 saturated carbocycles. The van der Waals surface area contributed by atoms with Gasteiger partial charge in [-0.25, -0.2) is 8.78 Å². The van der Waals surface area contributed by atoms with Crippen molar-refractivity contribution >= 4 is 18.5 Å². The van der Waals surface area contributed by atoms with Crippen LogP contribution in [0.3, 0.4) is 0 Å². The smallest absolute Gasteiger partial charge is 0.423 e. The van der Waals surface area contributed by atoms with Gasteiger partial charge in [0, 0.05) is 43.1 Å². The molecule has 3 unspecified atom stereocenters. The van der Waals surface area contributed by atoms with E-state index in [1.165, 1.54) is 5.56 Å². The highest BCUT2D eigenvalue weighted by Gasteiger charge is 2.67. The number of carbonyl (C=O) groups excluding carboxylic acids is 1. The van der Waals surface area contributed by atoms with E-state index in [9.17, 15) is 14.8 Å². The van der Waals surface area contributed by atoms with Crippen LogP contribution in [0.2, 0.25) is 0 Å². The summed E-state index contributed by atoms with van der Waals surface area (Å²) in [7, 11) is -1.50. The molecular weight excluding hydrogens is 473 g/mol. The Hall–Kier alpha value is -2.32. The van der Waals surface area contributed by atoms with E-state index in [4.69, 9.17) is 0 Å². The molecule has 0 saturated heterocycles. The predicted molar refractivity (Wildman–Crippen MR) is 140 cm³/mol. The molecule has 5 atom stereocenters. The average molecular weight is 510 g/mol. The molecule has 3 aliphatic rings. The number of hydrogen-bond donors (Lipinski definition) is 3. The van der Waals surface area contributed by atoms with Crippen LogP contribution < -0.4 is 10.8 Å². The fraction of sp³-hybridized carbons (Fsp3) is 0.586. The predicted octanol–water partition coefficient (Wildman–Crippen LogP) is 4.01. The molecule has 3 aliphatic carbocycles. The van der Waals surface area contributed by atoms with Crippen LogP contribution in [-0.2, 0) is 17.6 Å². The third-order valence-electron chi connectivity index (χ3n) is 9.57. The minimum Gasteiger partial charge on any atom is -0.423 e. The summed E-state index contributed by atoms with van der Waals surface area (Å²) in [5, 5.41) is 22.1. The maximum atomic E-state index is 15.5. The van der Waals surface area contributed by atoms with Gasteiger partial charge in [-0.3, -0.25) is 9.78 Å². The van der Waals surface area contributed by atoms with E-state index in [0.717, 1.165) is 30.5 Å². The van der Waals surface area contributed by atoms with E-state index in [-0.39, 0.29) is 36.0 Å². The van der Waals surface area contributed by atoms with Crippen molar-refractivity contribution in [1.82, 2.24) is 10.3 Å². The van der Waals surface area contributed by atoms with Gasteiger partial charge in [0.1, 0.15) is 0 Å². The second-order valence-electron chi connectivity index (χ2n) is 11.6. The number of rotatable bonds is 8. The van der Waals surface area contributed by atoms with Crippen LogP contribution in [0.5, 0.6) is 0 Å². The maximum Gasteiger partial charge on any atom is 0.488 e. The lowest BCUT2D eigenvalue weighted by Crippen LogP contribution is -2.47. The molecule has 37 heavy (non-hydrogen) atoms. The first-order valence-electron chi connectivity index (χ1n) is 13.7. The first-order chi connectivity index (χ1) is 17.7. The molecule has 198 valence electrons. The quantitative estimate of drug-likeness (QED) is 0.469. The van der Waals surface area contributed by atoms with Gasteiger partial charge < -0.3 is 15.4 Å². The van der Waals surface area contributed by atoms with Gasteiger partial charge >= 0.3 is 7.12 Å². The number of nitrogens with zero attached hydrogens (tertiary/aromatic N) is 1. The molecule has 0 spiro atoms. The van der Waals surface area contributed by atoms with Gasteiger partial charge in [-0.1, -0.05) is 31.2 Å². The zero-order valence-electron chi connectivity index (χ0n) is 21.5. The molecule has 5 rings (SSSR count). The molecule has 1 amide bonds. The van der Waals surface area contributed by atoms with Crippen LogP contribution in [0.25, 0.3) is 0 Å². The Morgan fingerprint density at radius 2 is 2.05 bits per heavy atom. The number of halogens is 2. The zero-order valence-corrected chi connectivity index (χ0v) is 21.5. The third kappa shape index (κ3) is 5.07. The first kappa shape index (κ1) is 26.3. The lowest BCUT2D eigenvalue weighted by molar-refractivity contribution is -0.133. The fourth-order valence-corrected chi connectivity index (χ4v) is 7.77. The second-order valence-corrected chi connectivity index (χ2v) is 11.6. The molecule has 2 fully saturated rings. The monoisotopic (exact) mass is 510 g/mol. The van der Waals surface area contributed by atoms with Gasteiger partial charge in [0.15, 0.2) is 0 Å². The van der Waals surface area contributed by atoms with Crippen LogP contribution in [-0.4, -0.2) is 40.5 Å². The SMILES string of the molecule is C[C@]12CCC3c4ccc(B(O)O)cc4CCC3C1[C@@H](CCCC(=O)NCCc1ccccn1)CC2(F)F. The minimum atomic E-state index is -2.69. The summed E-state index contributed by atoms with van der Waals surface area (Å²) in [4.78, 5) is 16.7. The summed E-state index contributed by atoms with van der Waals surface area (Å²) in [5.41, 5.74) is 2.74. The molecule has 1 heterocycles. The Balaban J connectivity index is 1.23. The number of benzene rings is 1. The maximum absolute atomic E-state index is 15.5. The van der Waals surface area contributed by atoms with E-state index < -0.39 is 18.5 Å². The van der Waals surface area contributed by atoms with Crippen LogP contribution in [0.4, 0.5) is 8.78 Å². The highest BCUT2D eigenvalue weighted by Crippen LogP contribution is 2.68. The van der Waals surface area contributed by atoms with Crippen molar-refractivity contribution in [1.29, 1.82) is 0 Å². The topological polar surface area (TPSA) is 82.5 Å². The van der Waals surface area contributed by atoms with Gasteiger partial charge in [0.05, 0.1) is 0 Å². The Labute approximate surface area is 218 Å². The summed E-state index contributed by atoms with van der Waals surface area (Å²) >= 11 is 0.